The number of carbonyl (C=O) groups excluding carboxylic acids is 1. The first kappa shape index (κ1) is 16.3. The van der Waals surface area contributed by atoms with Crippen molar-refractivity contribution in [1.82, 2.24) is 5.32 Å². The Morgan fingerprint density at radius 2 is 2.00 bits per heavy atom. The topological polar surface area (TPSA) is 38.3 Å². The van der Waals surface area contributed by atoms with Gasteiger partial charge in [0.1, 0.15) is 6.29 Å². The van der Waals surface area contributed by atoms with E-state index in [0.29, 0.717) is 6.73 Å². The summed E-state index contributed by atoms with van der Waals surface area (Å²) in [5.74, 6) is 0. The Hall–Kier alpha value is -0.670. The molecule has 17 heavy (non-hydrogen) atoms. The Kier molecular flexibility index (Phi) is 9.00. The smallest absolute Gasteiger partial charge is 0.136 e. The Morgan fingerprint density at radius 1 is 1.29 bits per heavy atom. The van der Waals surface area contributed by atoms with E-state index in [1.54, 1.807) is 0 Å². The van der Waals surface area contributed by atoms with Gasteiger partial charge in [-0.15, -0.1) is 6.58 Å². The molecule has 0 aromatic rings. The fourth-order valence-electron chi connectivity index (χ4n) is 1.41. The average Bonchev–Trinajstić information content (AvgIpc) is 2.25. The van der Waals surface area contributed by atoms with Crippen molar-refractivity contribution < 1.29 is 9.53 Å². The van der Waals surface area contributed by atoms with Crippen LogP contribution < -0.4 is 5.32 Å². The number of hydrogen-bond acceptors (Lipinski definition) is 3. The van der Waals surface area contributed by atoms with Crippen LogP contribution in [0.2, 0.25) is 0 Å². The monoisotopic (exact) mass is 241 g/mol. The van der Waals surface area contributed by atoms with Gasteiger partial charge in [0.05, 0.1) is 18.4 Å². The lowest BCUT2D eigenvalue weighted by molar-refractivity contribution is -0.110. The molecule has 3 heteroatoms. The van der Waals surface area contributed by atoms with Crippen LogP contribution in [0, 0.1) is 0 Å². The molecule has 0 aliphatic rings. The van der Waals surface area contributed by atoms with Crippen molar-refractivity contribution in [2.75, 3.05) is 6.73 Å². The van der Waals surface area contributed by atoms with Gasteiger partial charge in [-0.1, -0.05) is 18.9 Å². The van der Waals surface area contributed by atoms with E-state index in [-0.39, 0.29) is 11.6 Å². The van der Waals surface area contributed by atoms with Gasteiger partial charge in [-0.3, -0.25) is 5.32 Å². The van der Waals surface area contributed by atoms with Crippen molar-refractivity contribution in [2.45, 2.75) is 64.5 Å². The maximum Gasteiger partial charge on any atom is 0.136 e. The molecular formula is C14H27NO2. The highest BCUT2D eigenvalue weighted by atomic mass is 16.5. The third-order valence-electron chi connectivity index (χ3n) is 2.44. The van der Waals surface area contributed by atoms with Crippen LogP contribution in [0.25, 0.3) is 0 Å². The van der Waals surface area contributed by atoms with Gasteiger partial charge in [0.15, 0.2) is 0 Å². The molecule has 0 saturated heterocycles. The molecule has 3 nitrogen and oxygen atoms in total. The van der Waals surface area contributed by atoms with Crippen molar-refractivity contribution >= 4 is 6.29 Å². The summed E-state index contributed by atoms with van der Waals surface area (Å²) in [6.45, 7) is 10.1. The number of ether oxygens (including phenoxy) is 1. The van der Waals surface area contributed by atoms with Crippen molar-refractivity contribution in [2.24, 2.45) is 0 Å². The zero-order valence-electron chi connectivity index (χ0n) is 11.5. The maximum absolute atomic E-state index is 10.8. The third kappa shape index (κ3) is 11.6. The summed E-state index contributed by atoms with van der Waals surface area (Å²) in [6.07, 6.45) is 8.23. The third-order valence-corrected chi connectivity index (χ3v) is 2.44. The number of rotatable bonds is 10. The molecule has 0 aliphatic heterocycles. The van der Waals surface area contributed by atoms with Crippen LogP contribution in [-0.2, 0) is 9.53 Å². The van der Waals surface area contributed by atoms with E-state index in [4.69, 9.17) is 4.74 Å². The van der Waals surface area contributed by atoms with E-state index >= 15 is 0 Å². The maximum atomic E-state index is 10.8. The van der Waals surface area contributed by atoms with Crippen LogP contribution in [0.15, 0.2) is 12.7 Å². The summed E-state index contributed by atoms with van der Waals surface area (Å²) < 4.78 is 5.52. The fraction of sp³-hybridized carbons (Fsp3) is 0.786. The molecule has 0 aromatic heterocycles. The van der Waals surface area contributed by atoms with Crippen molar-refractivity contribution in [3.8, 4) is 0 Å². The van der Waals surface area contributed by atoms with E-state index in [2.05, 4.69) is 11.9 Å². The van der Waals surface area contributed by atoms with Gasteiger partial charge >= 0.3 is 0 Å². The number of aldehydes is 1. The first-order valence-corrected chi connectivity index (χ1v) is 6.43. The van der Waals surface area contributed by atoms with Gasteiger partial charge in [-0.2, -0.15) is 0 Å². The van der Waals surface area contributed by atoms with Crippen LogP contribution in [0.4, 0.5) is 0 Å². The summed E-state index contributed by atoms with van der Waals surface area (Å²) in [4.78, 5) is 10.8. The summed E-state index contributed by atoms with van der Waals surface area (Å²) >= 11 is 0. The lowest BCUT2D eigenvalue weighted by atomic mass is 10.1. The molecule has 0 saturated carbocycles. The molecule has 1 N–H and O–H groups in total. The van der Waals surface area contributed by atoms with Crippen LogP contribution in [0.1, 0.15) is 52.9 Å². The fourth-order valence-corrected chi connectivity index (χ4v) is 1.41. The SMILES string of the molecule is C=CCCCCC[C@@H](C=O)NCOC(C)(C)C. The molecule has 0 unspecified atom stereocenters. The lowest BCUT2D eigenvalue weighted by Gasteiger charge is -2.21. The van der Waals surface area contributed by atoms with Crippen LogP contribution >= 0.6 is 0 Å². The average molecular weight is 241 g/mol. The normalized spacial score (nSPS) is 13.4. The molecule has 0 rings (SSSR count). The highest BCUT2D eigenvalue weighted by Crippen LogP contribution is 2.07. The molecule has 0 fully saturated rings. The Balaban J connectivity index is 3.56. The highest BCUT2D eigenvalue weighted by molar-refractivity contribution is 5.57. The van der Waals surface area contributed by atoms with Crippen molar-refractivity contribution in [1.29, 1.82) is 0 Å². The van der Waals surface area contributed by atoms with E-state index in [1.165, 1.54) is 0 Å². The number of allylic oxidation sites excluding steroid dienone is 1. The number of nitrogens with one attached hydrogen (secondary N) is 1. The molecule has 0 aromatic carbocycles. The van der Waals surface area contributed by atoms with Crippen molar-refractivity contribution in [3.63, 3.8) is 0 Å². The van der Waals surface area contributed by atoms with Gasteiger partial charge in [0.25, 0.3) is 0 Å². The minimum Gasteiger partial charge on any atom is -0.361 e. The quantitative estimate of drug-likeness (QED) is 0.276. The Labute approximate surface area is 106 Å². The van der Waals surface area contributed by atoms with E-state index in [9.17, 15) is 4.79 Å². The molecule has 0 bridgehead atoms. The first-order chi connectivity index (χ1) is 7.99. The zero-order chi connectivity index (χ0) is 13.1. The summed E-state index contributed by atoms with van der Waals surface area (Å²) in [7, 11) is 0. The summed E-state index contributed by atoms with van der Waals surface area (Å²) in [6, 6.07) is -0.0823. The Morgan fingerprint density at radius 3 is 2.53 bits per heavy atom. The van der Waals surface area contributed by atoms with Crippen LogP contribution in [0.3, 0.4) is 0 Å². The van der Waals surface area contributed by atoms with E-state index < -0.39 is 0 Å². The standard InChI is InChI=1S/C14H27NO2/c1-5-6-7-8-9-10-13(11-16)15-12-17-14(2,3)4/h5,11,13,15H,1,6-10,12H2,2-4H3/t13-/m0/s1. The van der Waals surface area contributed by atoms with Crippen LogP contribution in [-0.4, -0.2) is 24.7 Å². The zero-order valence-corrected chi connectivity index (χ0v) is 11.5. The molecule has 1 atom stereocenters. The molecule has 0 spiro atoms. The van der Waals surface area contributed by atoms with Crippen LogP contribution in [0.5, 0.6) is 0 Å². The van der Waals surface area contributed by atoms with E-state index in [0.717, 1.165) is 38.4 Å². The van der Waals surface area contributed by atoms with E-state index in [1.807, 2.05) is 26.8 Å². The summed E-state index contributed by atoms with van der Waals surface area (Å²) in [5.41, 5.74) is -0.162. The molecule has 100 valence electrons. The predicted molar refractivity (Wildman–Crippen MR) is 72.0 cm³/mol. The summed E-state index contributed by atoms with van der Waals surface area (Å²) in [5, 5.41) is 3.11. The van der Waals surface area contributed by atoms with Gasteiger partial charge in [-0.25, -0.2) is 0 Å². The molecule has 0 heterocycles. The number of hydrogen-bond donors (Lipinski definition) is 1. The second-order valence-corrected chi connectivity index (χ2v) is 5.27. The molecule has 0 aliphatic carbocycles. The molecule has 0 radical (unpaired) electrons. The second-order valence-electron chi connectivity index (χ2n) is 5.27. The van der Waals surface area contributed by atoms with Gasteiger partial charge in [0.2, 0.25) is 0 Å². The first-order valence-electron chi connectivity index (χ1n) is 6.43. The Bertz CT molecular complexity index is 209. The molecular weight excluding hydrogens is 214 g/mol. The highest BCUT2D eigenvalue weighted by Gasteiger charge is 2.11. The number of unbranched alkanes of at least 4 members (excludes halogenated alkanes) is 3. The largest absolute Gasteiger partial charge is 0.361 e. The number of carbonyl (C=O) groups is 1. The second kappa shape index (κ2) is 9.37. The van der Waals surface area contributed by atoms with Gasteiger partial charge in [-0.05, 0) is 40.0 Å². The lowest BCUT2D eigenvalue weighted by Crippen LogP contribution is -2.35. The minimum absolute atomic E-state index is 0.0823. The van der Waals surface area contributed by atoms with Crippen molar-refractivity contribution in [3.05, 3.63) is 12.7 Å². The minimum atomic E-state index is -0.162. The van der Waals surface area contributed by atoms with Gasteiger partial charge in [0, 0.05) is 0 Å². The predicted octanol–water partition coefficient (Wildman–Crippen LogP) is 3.05. The molecule has 0 amide bonds. The van der Waals surface area contributed by atoms with Gasteiger partial charge < -0.3 is 9.53 Å².